The fourth-order valence-corrected chi connectivity index (χ4v) is 4.03. The maximum atomic E-state index is 14.4. The zero-order chi connectivity index (χ0) is 22.2. The van der Waals surface area contributed by atoms with Gasteiger partial charge in [-0.1, -0.05) is 0 Å². The van der Waals surface area contributed by atoms with Crippen molar-refractivity contribution in [2.24, 2.45) is 0 Å². The molecule has 4 aromatic rings. The van der Waals surface area contributed by atoms with Crippen molar-refractivity contribution in [3.05, 3.63) is 70.4 Å². The van der Waals surface area contributed by atoms with Gasteiger partial charge >= 0.3 is 0 Å². The topological polar surface area (TPSA) is 112 Å². The number of anilines is 1. The number of aliphatic hydroxyl groups excluding tert-OH is 1. The summed E-state index contributed by atoms with van der Waals surface area (Å²) in [5.41, 5.74) is 2.10. The summed E-state index contributed by atoms with van der Waals surface area (Å²) in [6.45, 7) is -0.0106. The van der Waals surface area contributed by atoms with Crippen molar-refractivity contribution in [1.82, 2.24) is 29.5 Å². The summed E-state index contributed by atoms with van der Waals surface area (Å²) in [6, 6.07) is 5.66. The summed E-state index contributed by atoms with van der Waals surface area (Å²) in [5.74, 6) is -0.167. The van der Waals surface area contributed by atoms with Crippen LogP contribution in [0, 0.1) is 5.82 Å². The highest BCUT2D eigenvalue weighted by atomic mass is 19.1. The highest BCUT2D eigenvalue weighted by Gasteiger charge is 2.36. The minimum atomic E-state index is -1.19. The standard InChI is InChI=1S/C21H19F2N7O2/c22-12-5-15(21(32)25-8-12)17-6-13(23)10-29(17)20-2-1-19-24-9-18(30(19)28-20)16-7-14(3-4-31)26-11-27-16/h1-2,5,7-9,11,13,17,31H,3-4,6,10H2,(H,25,32)/t13-,17+/m0/s1. The molecule has 1 aliphatic heterocycles. The number of hydrogen-bond donors (Lipinski definition) is 2. The van der Waals surface area contributed by atoms with Crippen LogP contribution < -0.4 is 10.5 Å². The summed E-state index contributed by atoms with van der Waals surface area (Å²) in [4.78, 5) is 29.1. The second-order valence-electron chi connectivity index (χ2n) is 7.58. The minimum absolute atomic E-state index is 0.0251. The number of rotatable bonds is 5. The van der Waals surface area contributed by atoms with Crippen molar-refractivity contribution in [3.8, 4) is 11.4 Å². The molecule has 5 rings (SSSR count). The number of aliphatic hydroxyl groups is 1. The first-order chi connectivity index (χ1) is 15.5. The summed E-state index contributed by atoms with van der Waals surface area (Å²) in [7, 11) is 0. The van der Waals surface area contributed by atoms with Crippen LogP contribution in [0.1, 0.15) is 23.7 Å². The zero-order valence-corrected chi connectivity index (χ0v) is 16.8. The molecule has 4 aromatic heterocycles. The second kappa shape index (κ2) is 8.08. The molecule has 0 unspecified atom stereocenters. The molecule has 0 radical (unpaired) electrons. The Morgan fingerprint density at radius 1 is 1.22 bits per heavy atom. The monoisotopic (exact) mass is 439 g/mol. The van der Waals surface area contributed by atoms with Gasteiger partial charge in [-0.15, -0.1) is 5.10 Å². The molecule has 1 fully saturated rings. The van der Waals surface area contributed by atoms with E-state index in [2.05, 4.69) is 25.0 Å². The molecule has 2 atom stereocenters. The van der Waals surface area contributed by atoms with Gasteiger partial charge in [0.15, 0.2) is 5.65 Å². The molecular weight excluding hydrogens is 420 g/mol. The number of aromatic nitrogens is 6. The van der Waals surface area contributed by atoms with E-state index in [9.17, 15) is 18.7 Å². The highest BCUT2D eigenvalue weighted by Crippen LogP contribution is 2.35. The number of imidazole rings is 1. The maximum Gasteiger partial charge on any atom is 0.253 e. The van der Waals surface area contributed by atoms with Crippen LogP contribution in [-0.2, 0) is 6.42 Å². The van der Waals surface area contributed by atoms with Gasteiger partial charge in [-0.3, -0.25) is 4.79 Å². The molecule has 11 heteroatoms. The van der Waals surface area contributed by atoms with Crippen molar-refractivity contribution < 1.29 is 13.9 Å². The number of fused-ring (bicyclic) bond motifs is 1. The van der Waals surface area contributed by atoms with Crippen molar-refractivity contribution >= 4 is 11.5 Å². The lowest BCUT2D eigenvalue weighted by Gasteiger charge is -2.25. The number of alkyl halides is 1. The van der Waals surface area contributed by atoms with E-state index in [1.54, 1.807) is 33.8 Å². The number of H-pyrrole nitrogens is 1. The Hall–Kier alpha value is -3.73. The molecule has 0 spiro atoms. The Labute approximate surface area is 180 Å². The van der Waals surface area contributed by atoms with Gasteiger partial charge in [0.1, 0.15) is 29.8 Å². The van der Waals surface area contributed by atoms with Crippen molar-refractivity contribution in [2.45, 2.75) is 25.1 Å². The first-order valence-corrected chi connectivity index (χ1v) is 10.1. The van der Waals surface area contributed by atoms with Crippen LogP contribution in [0.15, 0.2) is 47.8 Å². The molecule has 0 aromatic carbocycles. The van der Waals surface area contributed by atoms with Gasteiger partial charge in [-0.25, -0.2) is 28.2 Å². The maximum absolute atomic E-state index is 14.4. The lowest BCUT2D eigenvalue weighted by molar-refractivity contribution is 0.298. The predicted molar refractivity (Wildman–Crippen MR) is 111 cm³/mol. The second-order valence-corrected chi connectivity index (χ2v) is 7.58. The number of aromatic amines is 1. The first kappa shape index (κ1) is 20.2. The molecule has 5 heterocycles. The average molecular weight is 439 g/mol. The largest absolute Gasteiger partial charge is 0.396 e. The van der Waals surface area contributed by atoms with Gasteiger partial charge in [0.25, 0.3) is 5.56 Å². The van der Waals surface area contributed by atoms with Crippen molar-refractivity contribution in [1.29, 1.82) is 0 Å². The fourth-order valence-electron chi connectivity index (χ4n) is 4.03. The molecule has 0 amide bonds. The quantitative estimate of drug-likeness (QED) is 0.488. The van der Waals surface area contributed by atoms with E-state index < -0.39 is 23.6 Å². The summed E-state index contributed by atoms with van der Waals surface area (Å²) in [5, 5.41) is 13.8. The van der Waals surface area contributed by atoms with Crippen LogP contribution >= 0.6 is 0 Å². The van der Waals surface area contributed by atoms with Gasteiger partial charge < -0.3 is 15.0 Å². The number of nitrogens with one attached hydrogen (secondary N) is 1. The normalized spacial score (nSPS) is 18.5. The number of hydrogen-bond acceptors (Lipinski definition) is 7. The Kier molecular flexibility index (Phi) is 5.10. The van der Waals surface area contributed by atoms with E-state index >= 15 is 0 Å². The van der Waals surface area contributed by atoms with E-state index in [0.717, 1.165) is 12.3 Å². The van der Waals surface area contributed by atoms with E-state index in [4.69, 9.17) is 0 Å². The summed E-state index contributed by atoms with van der Waals surface area (Å²) in [6.07, 6.45) is 3.26. The van der Waals surface area contributed by atoms with Crippen molar-refractivity contribution in [2.75, 3.05) is 18.1 Å². The molecule has 2 N–H and O–H groups in total. The Morgan fingerprint density at radius 3 is 2.94 bits per heavy atom. The molecule has 1 saturated heterocycles. The predicted octanol–water partition coefficient (Wildman–Crippen LogP) is 1.84. The molecule has 1 aliphatic rings. The Bertz CT molecular complexity index is 1340. The third kappa shape index (κ3) is 3.60. The van der Waals surface area contributed by atoms with E-state index in [1.807, 2.05) is 0 Å². The molecule has 0 bridgehead atoms. The van der Waals surface area contributed by atoms with Gasteiger partial charge in [-0.2, -0.15) is 0 Å². The zero-order valence-electron chi connectivity index (χ0n) is 16.8. The summed E-state index contributed by atoms with van der Waals surface area (Å²) < 4.78 is 29.8. The van der Waals surface area contributed by atoms with E-state index in [-0.39, 0.29) is 25.1 Å². The molecule has 9 nitrogen and oxygen atoms in total. The molecule has 0 saturated carbocycles. The number of halogens is 2. The molecular formula is C21H19F2N7O2. The van der Waals surface area contributed by atoms with E-state index in [0.29, 0.717) is 35.0 Å². The Balaban J connectivity index is 1.57. The number of pyridine rings is 1. The molecule has 0 aliphatic carbocycles. The van der Waals surface area contributed by atoms with Gasteiger partial charge in [0.05, 0.1) is 24.5 Å². The molecule has 32 heavy (non-hydrogen) atoms. The minimum Gasteiger partial charge on any atom is -0.396 e. The SMILES string of the molecule is O=c1[nH]cc(F)cc1[C@H]1C[C@H](F)CN1c1ccc2ncc(-c3cc(CCO)ncn3)n2n1. The highest BCUT2D eigenvalue weighted by molar-refractivity contribution is 5.61. The van der Waals surface area contributed by atoms with Gasteiger partial charge in [0, 0.05) is 36.9 Å². The Morgan fingerprint density at radius 2 is 2.09 bits per heavy atom. The number of nitrogens with zero attached hydrogens (tertiary/aromatic N) is 6. The van der Waals surface area contributed by atoms with Crippen LogP contribution in [0.2, 0.25) is 0 Å². The lowest BCUT2D eigenvalue weighted by Crippen LogP contribution is -2.29. The fraction of sp³-hybridized carbons (Fsp3) is 0.286. The van der Waals surface area contributed by atoms with Gasteiger partial charge in [0.2, 0.25) is 0 Å². The van der Waals surface area contributed by atoms with Crippen LogP contribution in [0.3, 0.4) is 0 Å². The van der Waals surface area contributed by atoms with Crippen LogP contribution in [0.25, 0.3) is 17.0 Å². The third-order valence-corrected chi connectivity index (χ3v) is 5.50. The van der Waals surface area contributed by atoms with Crippen LogP contribution in [-0.4, -0.2) is 54.0 Å². The molecule has 164 valence electrons. The van der Waals surface area contributed by atoms with Crippen LogP contribution in [0.4, 0.5) is 14.6 Å². The average Bonchev–Trinajstić information content (AvgIpc) is 3.39. The van der Waals surface area contributed by atoms with E-state index in [1.165, 1.54) is 6.33 Å². The van der Waals surface area contributed by atoms with Gasteiger partial charge in [-0.05, 0) is 24.3 Å². The first-order valence-electron chi connectivity index (χ1n) is 10.1. The third-order valence-electron chi connectivity index (χ3n) is 5.50. The summed E-state index contributed by atoms with van der Waals surface area (Å²) >= 11 is 0. The lowest BCUT2D eigenvalue weighted by atomic mass is 10.1. The smallest absolute Gasteiger partial charge is 0.253 e. The van der Waals surface area contributed by atoms with Crippen molar-refractivity contribution in [3.63, 3.8) is 0 Å². The van der Waals surface area contributed by atoms with Crippen LogP contribution in [0.5, 0.6) is 0 Å².